The van der Waals surface area contributed by atoms with Gasteiger partial charge in [0.25, 0.3) is 0 Å². The summed E-state index contributed by atoms with van der Waals surface area (Å²) in [5.74, 6) is -0.373. The van der Waals surface area contributed by atoms with Gasteiger partial charge in [-0.25, -0.2) is 9.78 Å². The van der Waals surface area contributed by atoms with Gasteiger partial charge in [-0.15, -0.1) is 11.3 Å². The normalized spacial score (nSPS) is 19.2. The van der Waals surface area contributed by atoms with E-state index in [9.17, 15) is 4.79 Å². The van der Waals surface area contributed by atoms with Crippen molar-refractivity contribution in [1.82, 2.24) is 4.98 Å². The van der Waals surface area contributed by atoms with Gasteiger partial charge in [-0.05, 0) is 26.2 Å². The summed E-state index contributed by atoms with van der Waals surface area (Å²) < 4.78 is 10.4. The van der Waals surface area contributed by atoms with Crippen molar-refractivity contribution in [3.05, 3.63) is 10.6 Å². The second-order valence-corrected chi connectivity index (χ2v) is 5.94. The Kier molecular flexibility index (Phi) is 4.76. The van der Waals surface area contributed by atoms with Crippen LogP contribution in [0, 0.1) is 6.92 Å². The SMILES string of the molecule is COC(=O)c1nc(N(C)CC2CCCCO2)sc1C. The highest BCUT2D eigenvalue weighted by atomic mass is 32.1. The summed E-state index contributed by atoms with van der Waals surface area (Å²) in [7, 11) is 3.36. The largest absolute Gasteiger partial charge is 0.464 e. The molecular weight excluding hydrogens is 264 g/mol. The molecule has 5 nitrogen and oxygen atoms in total. The summed E-state index contributed by atoms with van der Waals surface area (Å²) in [4.78, 5) is 18.8. The lowest BCUT2D eigenvalue weighted by atomic mass is 10.1. The first-order valence-electron chi connectivity index (χ1n) is 6.50. The summed E-state index contributed by atoms with van der Waals surface area (Å²) >= 11 is 1.51. The zero-order chi connectivity index (χ0) is 13.8. The molecule has 0 aliphatic carbocycles. The Balaban J connectivity index is 2.02. The number of nitrogens with zero attached hydrogens (tertiary/aromatic N) is 2. The fourth-order valence-corrected chi connectivity index (χ4v) is 3.03. The van der Waals surface area contributed by atoms with Gasteiger partial charge in [-0.3, -0.25) is 0 Å². The number of aromatic nitrogens is 1. The minimum Gasteiger partial charge on any atom is -0.464 e. The number of hydrogen-bond donors (Lipinski definition) is 0. The second kappa shape index (κ2) is 6.34. The van der Waals surface area contributed by atoms with E-state index < -0.39 is 0 Å². The van der Waals surface area contributed by atoms with Crippen molar-refractivity contribution in [2.45, 2.75) is 32.3 Å². The molecule has 0 radical (unpaired) electrons. The molecule has 1 aliphatic rings. The number of anilines is 1. The highest BCUT2D eigenvalue weighted by molar-refractivity contribution is 7.15. The van der Waals surface area contributed by atoms with Crippen molar-refractivity contribution < 1.29 is 14.3 Å². The van der Waals surface area contributed by atoms with E-state index in [4.69, 9.17) is 9.47 Å². The molecule has 6 heteroatoms. The first-order chi connectivity index (χ1) is 9.11. The first-order valence-corrected chi connectivity index (χ1v) is 7.32. The average Bonchev–Trinajstić information content (AvgIpc) is 2.81. The van der Waals surface area contributed by atoms with Gasteiger partial charge in [0.15, 0.2) is 10.8 Å². The Hall–Kier alpha value is -1.14. The van der Waals surface area contributed by atoms with Gasteiger partial charge >= 0.3 is 5.97 Å². The maximum absolute atomic E-state index is 11.5. The predicted octanol–water partition coefficient (Wildman–Crippen LogP) is 2.24. The molecule has 1 aliphatic heterocycles. The minimum absolute atomic E-state index is 0.268. The molecule has 2 heterocycles. The van der Waals surface area contributed by atoms with E-state index in [1.165, 1.54) is 24.9 Å². The molecule has 1 saturated heterocycles. The topological polar surface area (TPSA) is 51.7 Å². The number of aryl methyl sites for hydroxylation is 1. The summed E-state index contributed by atoms with van der Waals surface area (Å²) in [5, 5.41) is 0.840. The Morgan fingerprint density at radius 1 is 1.58 bits per heavy atom. The molecule has 0 N–H and O–H groups in total. The highest BCUT2D eigenvalue weighted by Crippen LogP contribution is 2.26. The summed E-state index contributed by atoms with van der Waals surface area (Å²) in [5.41, 5.74) is 0.416. The molecule has 0 spiro atoms. The van der Waals surface area contributed by atoms with Crippen LogP contribution in [0.3, 0.4) is 0 Å². The average molecular weight is 284 g/mol. The number of carbonyl (C=O) groups excluding carboxylic acids is 1. The quantitative estimate of drug-likeness (QED) is 0.794. The van der Waals surface area contributed by atoms with Gasteiger partial charge in [0.05, 0.1) is 13.2 Å². The van der Waals surface area contributed by atoms with Crippen molar-refractivity contribution in [3.8, 4) is 0 Å². The number of hydrogen-bond acceptors (Lipinski definition) is 6. The molecule has 0 amide bonds. The van der Waals surface area contributed by atoms with Crippen molar-refractivity contribution >= 4 is 22.4 Å². The summed E-state index contributed by atoms with van der Waals surface area (Å²) in [6, 6.07) is 0. The second-order valence-electron chi connectivity index (χ2n) is 4.76. The van der Waals surface area contributed by atoms with Crippen molar-refractivity contribution in [3.63, 3.8) is 0 Å². The molecule has 106 valence electrons. The van der Waals surface area contributed by atoms with E-state index in [1.807, 2.05) is 14.0 Å². The fraction of sp³-hybridized carbons (Fsp3) is 0.692. The maximum atomic E-state index is 11.5. The van der Waals surface area contributed by atoms with Gasteiger partial charge in [0.1, 0.15) is 0 Å². The van der Waals surface area contributed by atoms with Gasteiger partial charge < -0.3 is 14.4 Å². The zero-order valence-electron chi connectivity index (χ0n) is 11.6. The number of thiazole rings is 1. The Morgan fingerprint density at radius 3 is 3.00 bits per heavy atom. The van der Waals surface area contributed by atoms with E-state index in [1.54, 1.807) is 0 Å². The lowest BCUT2D eigenvalue weighted by Crippen LogP contribution is -2.33. The molecule has 1 aromatic rings. The van der Waals surface area contributed by atoms with Crippen molar-refractivity contribution in [2.24, 2.45) is 0 Å². The van der Waals surface area contributed by atoms with Crippen LogP contribution >= 0.6 is 11.3 Å². The van der Waals surface area contributed by atoms with Crippen LogP contribution in [-0.2, 0) is 9.47 Å². The standard InChI is InChI=1S/C13H20N2O3S/c1-9-11(12(16)17-3)14-13(19-9)15(2)8-10-6-4-5-7-18-10/h10H,4-8H2,1-3H3. The monoisotopic (exact) mass is 284 g/mol. The molecule has 0 aromatic carbocycles. The molecule has 1 fully saturated rings. The predicted molar refractivity (Wildman–Crippen MR) is 75.1 cm³/mol. The highest BCUT2D eigenvalue weighted by Gasteiger charge is 2.21. The lowest BCUT2D eigenvalue weighted by Gasteiger charge is -2.27. The number of esters is 1. The molecule has 2 rings (SSSR count). The number of likely N-dealkylation sites (N-methyl/N-ethyl adjacent to an activating group) is 1. The van der Waals surface area contributed by atoms with Gasteiger partial charge in [0, 0.05) is 25.1 Å². The summed E-state index contributed by atoms with van der Waals surface area (Å²) in [6.07, 6.45) is 3.74. The van der Waals surface area contributed by atoms with Crippen molar-refractivity contribution in [2.75, 3.05) is 32.2 Å². The number of methoxy groups -OCH3 is 1. The third kappa shape index (κ3) is 3.45. The molecule has 19 heavy (non-hydrogen) atoms. The molecular formula is C13H20N2O3S. The van der Waals surface area contributed by atoms with E-state index in [2.05, 4.69) is 9.88 Å². The Bertz CT molecular complexity index is 441. The molecule has 1 atom stereocenters. The van der Waals surface area contributed by atoms with E-state index in [0.29, 0.717) is 5.69 Å². The number of rotatable bonds is 4. The van der Waals surface area contributed by atoms with Crippen molar-refractivity contribution in [1.29, 1.82) is 0 Å². The fourth-order valence-electron chi connectivity index (χ4n) is 2.17. The zero-order valence-corrected chi connectivity index (χ0v) is 12.5. The molecule has 0 saturated carbocycles. The van der Waals surface area contributed by atoms with Gasteiger partial charge in [-0.1, -0.05) is 0 Å². The van der Waals surface area contributed by atoms with E-state index in [0.717, 1.165) is 36.0 Å². The van der Waals surface area contributed by atoms with Crippen LogP contribution < -0.4 is 4.90 Å². The van der Waals surface area contributed by atoms with Crippen LogP contribution in [0.4, 0.5) is 5.13 Å². The maximum Gasteiger partial charge on any atom is 0.357 e. The van der Waals surface area contributed by atoms with Gasteiger partial charge in [-0.2, -0.15) is 0 Å². The molecule has 1 aromatic heterocycles. The molecule has 0 bridgehead atoms. The van der Waals surface area contributed by atoms with Crippen LogP contribution in [0.15, 0.2) is 0 Å². The third-order valence-electron chi connectivity index (χ3n) is 3.24. The first kappa shape index (κ1) is 14.3. The minimum atomic E-state index is -0.373. The Labute approximate surface area is 117 Å². The Morgan fingerprint density at radius 2 is 2.37 bits per heavy atom. The third-order valence-corrected chi connectivity index (χ3v) is 4.33. The summed E-state index contributed by atoms with van der Waals surface area (Å²) in [6.45, 7) is 3.55. The van der Waals surface area contributed by atoms with E-state index >= 15 is 0 Å². The van der Waals surface area contributed by atoms with E-state index in [-0.39, 0.29) is 12.1 Å². The van der Waals surface area contributed by atoms with Crippen LogP contribution in [-0.4, -0.2) is 44.4 Å². The van der Waals surface area contributed by atoms with Crippen LogP contribution in [0.2, 0.25) is 0 Å². The lowest BCUT2D eigenvalue weighted by molar-refractivity contribution is 0.0216. The molecule has 1 unspecified atom stereocenters. The number of carbonyl (C=O) groups is 1. The van der Waals surface area contributed by atoms with Crippen LogP contribution in [0.5, 0.6) is 0 Å². The van der Waals surface area contributed by atoms with Gasteiger partial charge in [0.2, 0.25) is 0 Å². The smallest absolute Gasteiger partial charge is 0.357 e. The van der Waals surface area contributed by atoms with Crippen LogP contribution in [0.25, 0.3) is 0 Å². The number of ether oxygens (including phenoxy) is 2. The van der Waals surface area contributed by atoms with Crippen LogP contribution in [0.1, 0.15) is 34.6 Å².